The van der Waals surface area contributed by atoms with Crippen LogP contribution in [0.4, 0.5) is 4.39 Å². The van der Waals surface area contributed by atoms with Gasteiger partial charge in [0.1, 0.15) is 5.82 Å². The summed E-state index contributed by atoms with van der Waals surface area (Å²) in [5, 5.41) is 7.80. The first-order chi connectivity index (χ1) is 15.6. The maximum atomic E-state index is 13.1. The fourth-order valence-electron chi connectivity index (χ4n) is 3.88. The van der Waals surface area contributed by atoms with E-state index in [2.05, 4.69) is 20.4 Å². The third-order valence-corrected chi connectivity index (χ3v) is 5.99. The highest BCUT2D eigenvalue weighted by Crippen LogP contribution is 2.21. The molecule has 0 radical (unpaired) electrons. The number of nitrogens with zero attached hydrogens (tertiary/aromatic N) is 3. The Bertz CT molecular complexity index is 1020. The Kier molecular flexibility index (Phi) is 7.50. The number of piperidine rings is 1. The molecule has 0 atom stereocenters. The van der Waals surface area contributed by atoms with E-state index in [1.165, 1.54) is 17.7 Å². The van der Waals surface area contributed by atoms with Crippen LogP contribution in [0.15, 0.2) is 53.1 Å². The summed E-state index contributed by atoms with van der Waals surface area (Å²) in [7, 11) is 0. The number of likely N-dealkylation sites (tertiary alicyclic amines) is 1. The van der Waals surface area contributed by atoms with E-state index in [0.717, 1.165) is 43.8 Å². The topological polar surface area (TPSA) is 71.3 Å². The van der Waals surface area contributed by atoms with Gasteiger partial charge in [0.15, 0.2) is 0 Å². The Morgan fingerprint density at radius 2 is 1.84 bits per heavy atom. The van der Waals surface area contributed by atoms with Crippen LogP contribution >= 0.6 is 11.6 Å². The molecule has 8 heteroatoms. The Hall–Kier alpha value is -2.77. The minimum atomic E-state index is -0.300. The van der Waals surface area contributed by atoms with E-state index >= 15 is 0 Å². The molecule has 0 spiro atoms. The number of hydrogen-bond donors (Lipinski definition) is 1. The summed E-state index contributed by atoms with van der Waals surface area (Å²) < 4.78 is 18.4. The van der Waals surface area contributed by atoms with Gasteiger partial charge in [-0.2, -0.15) is 4.98 Å². The van der Waals surface area contributed by atoms with E-state index in [4.69, 9.17) is 16.1 Å². The van der Waals surface area contributed by atoms with Gasteiger partial charge in [-0.15, -0.1) is 0 Å². The lowest BCUT2D eigenvalue weighted by Gasteiger charge is -2.30. The number of aromatic nitrogens is 2. The number of benzene rings is 2. The first-order valence-corrected chi connectivity index (χ1v) is 11.3. The Labute approximate surface area is 191 Å². The summed E-state index contributed by atoms with van der Waals surface area (Å²) in [5.74, 6) is 0.851. The van der Waals surface area contributed by atoms with Gasteiger partial charge in [-0.05, 0) is 80.7 Å². The molecule has 1 saturated heterocycles. The van der Waals surface area contributed by atoms with Crippen molar-refractivity contribution in [2.24, 2.45) is 5.92 Å². The van der Waals surface area contributed by atoms with Crippen molar-refractivity contribution in [1.82, 2.24) is 20.4 Å². The minimum Gasteiger partial charge on any atom is -0.356 e. The van der Waals surface area contributed by atoms with E-state index in [1.54, 1.807) is 12.1 Å². The van der Waals surface area contributed by atoms with Crippen molar-refractivity contribution in [2.45, 2.75) is 32.2 Å². The lowest BCUT2D eigenvalue weighted by atomic mass is 9.96. The molecule has 1 N–H and O–H groups in total. The summed E-state index contributed by atoms with van der Waals surface area (Å²) in [6, 6.07) is 13.8. The quantitative estimate of drug-likeness (QED) is 0.506. The molecule has 4 rings (SSSR count). The number of carbonyl (C=O) groups is 1. The second-order valence-corrected chi connectivity index (χ2v) is 8.53. The predicted octanol–water partition coefficient (Wildman–Crippen LogP) is 4.49. The molecule has 168 valence electrons. The zero-order chi connectivity index (χ0) is 22.3. The molecular weight excluding hydrogens is 431 g/mol. The molecule has 1 amide bonds. The summed E-state index contributed by atoms with van der Waals surface area (Å²) >= 11 is 5.90. The monoisotopic (exact) mass is 456 g/mol. The molecular formula is C24H26ClFN4O2. The van der Waals surface area contributed by atoms with Crippen LogP contribution in [-0.2, 0) is 17.8 Å². The van der Waals surface area contributed by atoms with Gasteiger partial charge in [0, 0.05) is 23.0 Å². The van der Waals surface area contributed by atoms with E-state index in [0.29, 0.717) is 30.4 Å². The first-order valence-electron chi connectivity index (χ1n) is 10.9. The van der Waals surface area contributed by atoms with Crippen LogP contribution in [0, 0.1) is 11.7 Å². The van der Waals surface area contributed by atoms with Crippen molar-refractivity contribution in [2.75, 3.05) is 19.6 Å². The van der Waals surface area contributed by atoms with Crippen LogP contribution in [0.5, 0.6) is 0 Å². The average Bonchev–Trinajstić information content (AvgIpc) is 3.27. The third kappa shape index (κ3) is 6.14. The van der Waals surface area contributed by atoms with Crippen molar-refractivity contribution < 1.29 is 13.7 Å². The van der Waals surface area contributed by atoms with Crippen LogP contribution in [-0.4, -0.2) is 40.6 Å². The van der Waals surface area contributed by atoms with Crippen molar-refractivity contribution in [3.8, 4) is 11.4 Å². The molecule has 3 aromatic rings. The van der Waals surface area contributed by atoms with Crippen LogP contribution in [0.2, 0.25) is 5.02 Å². The molecule has 0 unspecified atom stereocenters. The number of hydrogen-bond acceptors (Lipinski definition) is 5. The van der Waals surface area contributed by atoms with Gasteiger partial charge in [0.05, 0.1) is 6.54 Å². The molecule has 32 heavy (non-hydrogen) atoms. The summed E-state index contributed by atoms with van der Waals surface area (Å²) in [5.41, 5.74) is 1.94. The van der Waals surface area contributed by atoms with E-state index < -0.39 is 0 Å². The third-order valence-electron chi connectivity index (χ3n) is 5.74. The lowest BCUT2D eigenvalue weighted by molar-refractivity contribution is -0.126. The van der Waals surface area contributed by atoms with Gasteiger partial charge in [-0.25, -0.2) is 4.39 Å². The maximum absolute atomic E-state index is 13.1. The van der Waals surface area contributed by atoms with E-state index in [1.807, 2.05) is 24.3 Å². The minimum absolute atomic E-state index is 0.0410. The van der Waals surface area contributed by atoms with Crippen LogP contribution in [0.25, 0.3) is 11.4 Å². The number of nitrogens with one attached hydrogen (secondary N) is 1. The smallest absolute Gasteiger partial charge is 0.241 e. The lowest BCUT2D eigenvalue weighted by Crippen LogP contribution is -2.40. The van der Waals surface area contributed by atoms with Crippen LogP contribution < -0.4 is 5.32 Å². The zero-order valence-electron chi connectivity index (χ0n) is 17.8. The van der Waals surface area contributed by atoms with E-state index in [-0.39, 0.29) is 17.6 Å². The van der Waals surface area contributed by atoms with Gasteiger partial charge >= 0.3 is 0 Å². The molecule has 0 saturated carbocycles. The molecule has 1 fully saturated rings. The number of carbonyl (C=O) groups excluding carboxylic acids is 1. The van der Waals surface area contributed by atoms with Crippen molar-refractivity contribution in [3.63, 3.8) is 0 Å². The first kappa shape index (κ1) is 22.4. The standard InChI is InChI=1S/C24H26ClFN4O2/c25-20-7-3-17(4-8-20)2-1-13-27-24(31)19-11-14-30(15-12-19)16-22-28-23(29-32-22)18-5-9-21(26)10-6-18/h3-10,19H,1-2,11-16H2,(H,27,31). The maximum Gasteiger partial charge on any atom is 0.241 e. The highest BCUT2D eigenvalue weighted by Gasteiger charge is 2.25. The van der Waals surface area contributed by atoms with Gasteiger partial charge in [-0.3, -0.25) is 9.69 Å². The SMILES string of the molecule is O=C(NCCCc1ccc(Cl)cc1)C1CCN(Cc2nc(-c3ccc(F)cc3)no2)CC1. The molecule has 2 aromatic carbocycles. The van der Waals surface area contributed by atoms with E-state index in [9.17, 15) is 9.18 Å². The number of amides is 1. The Morgan fingerprint density at radius 3 is 2.56 bits per heavy atom. The predicted molar refractivity (Wildman–Crippen MR) is 120 cm³/mol. The van der Waals surface area contributed by atoms with Crippen LogP contribution in [0.3, 0.4) is 0 Å². The second-order valence-electron chi connectivity index (χ2n) is 8.09. The second kappa shape index (κ2) is 10.7. The summed E-state index contributed by atoms with van der Waals surface area (Å²) in [6.07, 6.45) is 3.43. The summed E-state index contributed by atoms with van der Waals surface area (Å²) in [4.78, 5) is 19.1. The number of aryl methyl sites for hydroxylation is 1. The average molecular weight is 457 g/mol. The number of halogens is 2. The van der Waals surface area contributed by atoms with Crippen molar-refractivity contribution in [1.29, 1.82) is 0 Å². The normalized spacial score (nSPS) is 15.1. The Balaban J connectivity index is 1.17. The molecule has 0 aliphatic carbocycles. The fraction of sp³-hybridized carbons (Fsp3) is 0.375. The van der Waals surface area contributed by atoms with Crippen molar-refractivity contribution >= 4 is 17.5 Å². The van der Waals surface area contributed by atoms with Gasteiger partial charge < -0.3 is 9.84 Å². The molecule has 1 aromatic heterocycles. The van der Waals surface area contributed by atoms with Gasteiger partial charge in [0.2, 0.25) is 17.6 Å². The highest BCUT2D eigenvalue weighted by molar-refractivity contribution is 6.30. The van der Waals surface area contributed by atoms with Crippen LogP contribution in [0.1, 0.15) is 30.7 Å². The summed E-state index contributed by atoms with van der Waals surface area (Å²) in [6.45, 7) is 2.83. The molecule has 1 aliphatic heterocycles. The zero-order valence-corrected chi connectivity index (χ0v) is 18.5. The molecule has 2 heterocycles. The molecule has 0 bridgehead atoms. The largest absolute Gasteiger partial charge is 0.356 e. The van der Waals surface area contributed by atoms with Crippen molar-refractivity contribution in [3.05, 3.63) is 70.8 Å². The van der Waals surface area contributed by atoms with Gasteiger partial charge in [0.25, 0.3) is 0 Å². The Morgan fingerprint density at radius 1 is 1.12 bits per heavy atom. The van der Waals surface area contributed by atoms with Gasteiger partial charge in [-0.1, -0.05) is 28.9 Å². The molecule has 1 aliphatic rings. The molecule has 6 nitrogen and oxygen atoms in total. The number of rotatable bonds is 8. The fourth-order valence-corrected chi connectivity index (χ4v) is 4.01. The highest BCUT2D eigenvalue weighted by atomic mass is 35.5.